The van der Waals surface area contributed by atoms with Gasteiger partial charge in [0, 0.05) is 10.6 Å². The van der Waals surface area contributed by atoms with Crippen LogP contribution in [0.1, 0.15) is 27.9 Å². The van der Waals surface area contributed by atoms with E-state index in [1.165, 1.54) is 0 Å². The third-order valence-electron chi connectivity index (χ3n) is 3.77. The SMILES string of the molecule is CSCC[C@H](NC(=O)c1ccc(Cl)cc1)C(=O)OCc1ccc(C#N)cc1. The number of nitriles is 1. The lowest BCUT2D eigenvalue weighted by molar-refractivity contribution is -0.147. The van der Waals surface area contributed by atoms with E-state index in [0.717, 1.165) is 5.56 Å². The van der Waals surface area contributed by atoms with Crippen LogP contribution >= 0.6 is 23.4 Å². The van der Waals surface area contributed by atoms with Gasteiger partial charge in [-0.05, 0) is 60.4 Å². The first-order valence-corrected chi connectivity index (χ1v) is 10.0. The number of carbonyl (C=O) groups is 2. The van der Waals surface area contributed by atoms with E-state index in [1.807, 2.05) is 12.3 Å². The molecule has 0 aliphatic rings. The number of halogens is 1. The van der Waals surface area contributed by atoms with Crippen molar-refractivity contribution in [2.75, 3.05) is 12.0 Å². The van der Waals surface area contributed by atoms with Gasteiger partial charge in [-0.15, -0.1) is 0 Å². The minimum absolute atomic E-state index is 0.0805. The molecule has 1 N–H and O–H groups in total. The number of hydrogen-bond donors (Lipinski definition) is 1. The maximum atomic E-state index is 12.4. The fraction of sp³-hybridized carbons (Fsp3) is 0.250. The molecule has 0 aromatic heterocycles. The molecule has 140 valence electrons. The summed E-state index contributed by atoms with van der Waals surface area (Å²) in [6.45, 7) is 0.0805. The lowest BCUT2D eigenvalue weighted by atomic mass is 10.1. The molecule has 5 nitrogen and oxygen atoms in total. The fourth-order valence-electron chi connectivity index (χ4n) is 2.26. The van der Waals surface area contributed by atoms with E-state index < -0.39 is 12.0 Å². The minimum Gasteiger partial charge on any atom is -0.459 e. The molecule has 1 atom stereocenters. The Labute approximate surface area is 167 Å². The molecule has 27 heavy (non-hydrogen) atoms. The van der Waals surface area contributed by atoms with E-state index in [4.69, 9.17) is 21.6 Å². The zero-order valence-corrected chi connectivity index (χ0v) is 16.3. The zero-order chi connectivity index (χ0) is 19.6. The number of ether oxygens (including phenoxy) is 1. The number of amides is 1. The highest BCUT2D eigenvalue weighted by Crippen LogP contribution is 2.11. The quantitative estimate of drug-likeness (QED) is 0.679. The number of hydrogen-bond acceptors (Lipinski definition) is 5. The molecule has 0 heterocycles. The van der Waals surface area contributed by atoms with Gasteiger partial charge in [0.15, 0.2) is 0 Å². The summed E-state index contributed by atoms with van der Waals surface area (Å²) in [5.74, 6) is -0.138. The van der Waals surface area contributed by atoms with Gasteiger partial charge < -0.3 is 10.1 Å². The molecule has 2 rings (SSSR count). The van der Waals surface area contributed by atoms with E-state index in [0.29, 0.717) is 28.3 Å². The summed E-state index contributed by atoms with van der Waals surface area (Å²) in [5.41, 5.74) is 1.74. The van der Waals surface area contributed by atoms with Crippen molar-refractivity contribution in [2.24, 2.45) is 0 Å². The normalized spacial score (nSPS) is 11.3. The second-order valence-corrected chi connectivity index (χ2v) is 7.15. The Morgan fingerprint density at radius 1 is 1.19 bits per heavy atom. The van der Waals surface area contributed by atoms with Gasteiger partial charge in [0.05, 0.1) is 11.6 Å². The van der Waals surface area contributed by atoms with Crippen molar-refractivity contribution in [3.05, 3.63) is 70.2 Å². The van der Waals surface area contributed by atoms with Crippen LogP contribution in [0, 0.1) is 11.3 Å². The predicted molar refractivity (Wildman–Crippen MR) is 107 cm³/mol. The van der Waals surface area contributed by atoms with Gasteiger partial charge in [0.1, 0.15) is 12.6 Å². The lowest BCUT2D eigenvalue weighted by Gasteiger charge is -2.17. The van der Waals surface area contributed by atoms with Gasteiger partial charge >= 0.3 is 5.97 Å². The van der Waals surface area contributed by atoms with Crippen LogP contribution in [-0.4, -0.2) is 29.9 Å². The number of nitrogens with zero attached hydrogens (tertiary/aromatic N) is 1. The van der Waals surface area contributed by atoms with Gasteiger partial charge in [-0.3, -0.25) is 4.79 Å². The van der Waals surface area contributed by atoms with Crippen LogP contribution in [-0.2, 0) is 16.1 Å². The maximum Gasteiger partial charge on any atom is 0.329 e. The number of thioether (sulfide) groups is 1. The molecule has 0 bridgehead atoms. The third kappa shape index (κ3) is 6.63. The summed E-state index contributed by atoms with van der Waals surface area (Å²) in [6.07, 6.45) is 2.40. The van der Waals surface area contributed by atoms with Gasteiger partial charge in [-0.25, -0.2) is 4.79 Å². The first-order chi connectivity index (χ1) is 13.0. The zero-order valence-electron chi connectivity index (χ0n) is 14.8. The molecule has 7 heteroatoms. The molecule has 0 aliphatic carbocycles. The van der Waals surface area contributed by atoms with Gasteiger partial charge in [-0.2, -0.15) is 17.0 Å². The van der Waals surface area contributed by atoms with Crippen LogP contribution in [0.5, 0.6) is 0 Å². The van der Waals surface area contributed by atoms with Crippen LogP contribution in [0.15, 0.2) is 48.5 Å². The largest absolute Gasteiger partial charge is 0.459 e. The first kappa shape index (κ1) is 20.8. The first-order valence-electron chi connectivity index (χ1n) is 8.24. The van der Waals surface area contributed by atoms with Crippen molar-refractivity contribution in [1.82, 2.24) is 5.32 Å². The second kappa shape index (κ2) is 10.6. The topological polar surface area (TPSA) is 79.2 Å². The number of carbonyl (C=O) groups excluding carboxylic acids is 2. The summed E-state index contributed by atoms with van der Waals surface area (Å²) in [4.78, 5) is 24.8. The highest BCUT2D eigenvalue weighted by molar-refractivity contribution is 7.98. The summed E-state index contributed by atoms with van der Waals surface area (Å²) in [6, 6.07) is 14.5. The van der Waals surface area contributed by atoms with Gasteiger partial charge in [0.25, 0.3) is 5.91 Å². The number of nitrogens with one attached hydrogen (secondary N) is 1. The summed E-state index contributed by atoms with van der Waals surface area (Å²) in [5, 5.41) is 12.1. The van der Waals surface area contributed by atoms with Crippen molar-refractivity contribution in [1.29, 1.82) is 5.26 Å². The van der Waals surface area contributed by atoms with E-state index >= 15 is 0 Å². The Morgan fingerprint density at radius 3 is 2.44 bits per heavy atom. The van der Waals surface area contributed by atoms with E-state index in [-0.39, 0.29) is 12.5 Å². The lowest BCUT2D eigenvalue weighted by Crippen LogP contribution is -2.42. The van der Waals surface area contributed by atoms with Gasteiger partial charge in [0.2, 0.25) is 0 Å². The molecule has 2 aromatic carbocycles. The van der Waals surface area contributed by atoms with E-state index in [1.54, 1.807) is 60.3 Å². The molecule has 0 spiro atoms. The smallest absolute Gasteiger partial charge is 0.329 e. The molecular formula is C20H19ClN2O3S. The van der Waals surface area contributed by atoms with Crippen LogP contribution in [0.25, 0.3) is 0 Å². The average Bonchev–Trinajstić information content (AvgIpc) is 2.70. The monoisotopic (exact) mass is 402 g/mol. The van der Waals surface area contributed by atoms with Crippen molar-refractivity contribution in [3.63, 3.8) is 0 Å². The number of esters is 1. The number of benzene rings is 2. The van der Waals surface area contributed by atoms with Crippen molar-refractivity contribution >= 4 is 35.2 Å². The Bertz CT molecular complexity index is 817. The Hall–Kier alpha value is -2.49. The van der Waals surface area contributed by atoms with Crippen LogP contribution < -0.4 is 5.32 Å². The van der Waals surface area contributed by atoms with Crippen LogP contribution in [0.2, 0.25) is 5.02 Å². The van der Waals surface area contributed by atoms with Crippen LogP contribution in [0.3, 0.4) is 0 Å². The molecule has 0 saturated carbocycles. The summed E-state index contributed by atoms with van der Waals surface area (Å²) in [7, 11) is 0. The average molecular weight is 403 g/mol. The molecule has 2 aromatic rings. The van der Waals surface area contributed by atoms with Crippen molar-refractivity contribution in [2.45, 2.75) is 19.1 Å². The summed E-state index contributed by atoms with van der Waals surface area (Å²) < 4.78 is 5.35. The third-order valence-corrected chi connectivity index (χ3v) is 4.67. The maximum absolute atomic E-state index is 12.4. The van der Waals surface area contributed by atoms with Crippen LogP contribution in [0.4, 0.5) is 0 Å². The Kier molecular flexibility index (Phi) is 8.18. The van der Waals surface area contributed by atoms with E-state index in [9.17, 15) is 9.59 Å². The minimum atomic E-state index is -0.737. The number of rotatable bonds is 8. The highest BCUT2D eigenvalue weighted by Gasteiger charge is 2.22. The van der Waals surface area contributed by atoms with E-state index in [2.05, 4.69) is 5.32 Å². The van der Waals surface area contributed by atoms with Crippen molar-refractivity contribution < 1.29 is 14.3 Å². The summed E-state index contributed by atoms with van der Waals surface area (Å²) >= 11 is 7.42. The molecule has 0 unspecified atom stereocenters. The Morgan fingerprint density at radius 2 is 1.85 bits per heavy atom. The molecular weight excluding hydrogens is 384 g/mol. The highest BCUT2D eigenvalue weighted by atomic mass is 35.5. The molecule has 0 radical (unpaired) electrons. The van der Waals surface area contributed by atoms with Gasteiger partial charge in [-0.1, -0.05) is 23.7 Å². The fourth-order valence-corrected chi connectivity index (χ4v) is 2.86. The van der Waals surface area contributed by atoms with Crippen molar-refractivity contribution in [3.8, 4) is 6.07 Å². The second-order valence-electron chi connectivity index (χ2n) is 5.73. The molecule has 0 aliphatic heterocycles. The molecule has 1 amide bonds. The predicted octanol–water partition coefficient (Wildman–Crippen LogP) is 3.81. The molecule has 0 fully saturated rings. The Balaban J connectivity index is 1.98. The molecule has 0 saturated heterocycles. The standard InChI is InChI=1S/C20H19ClN2O3S/c1-27-11-10-18(23-19(24)16-6-8-17(21)9-7-16)20(25)26-13-15-4-2-14(12-22)3-5-15/h2-9,18H,10-11,13H2,1H3,(H,23,24)/t18-/m0/s1.